The molecule has 192 valence electrons. The topological polar surface area (TPSA) is 61.3 Å². The molecule has 0 aliphatic rings. The summed E-state index contributed by atoms with van der Waals surface area (Å²) in [4.78, 5) is 21.1. The van der Waals surface area contributed by atoms with E-state index in [0.717, 1.165) is 35.3 Å². The van der Waals surface area contributed by atoms with E-state index in [1.54, 1.807) is 43.6 Å². The summed E-state index contributed by atoms with van der Waals surface area (Å²) >= 11 is 0. The molecule has 2 atom stereocenters. The highest BCUT2D eigenvalue weighted by Crippen LogP contribution is 2.26. The number of benzene rings is 2. The van der Waals surface area contributed by atoms with Gasteiger partial charge in [-0.2, -0.15) is 0 Å². The molecule has 0 saturated heterocycles. The summed E-state index contributed by atoms with van der Waals surface area (Å²) in [6.45, 7) is 5.32. The molecule has 0 aliphatic carbocycles. The van der Waals surface area contributed by atoms with Crippen LogP contribution in [0, 0.1) is 0 Å². The van der Waals surface area contributed by atoms with Crippen LogP contribution in [0.15, 0.2) is 60.9 Å². The highest BCUT2D eigenvalue weighted by molar-refractivity contribution is 5.81. The van der Waals surface area contributed by atoms with Crippen molar-refractivity contribution in [3.63, 3.8) is 0 Å². The quantitative estimate of drug-likeness (QED) is 0.139. The van der Waals surface area contributed by atoms with Crippen LogP contribution in [0.5, 0.6) is 11.5 Å². The molecule has 0 amide bonds. The minimum Gasteiger partial charge on any atom is -0.494 e. The maximum Gasteiger partial charge on any atom is 0.348 e. The van der Waals surface area contributed by atoms with Gasteiger partial charge in [-0.15, -0.1) is 0 Å². The first-order chi connectivity index (χ1) is 17.3. The van der Waals surface area contributed by atoms with E-state index < -0.39 is 17.8 Å². The summed E-state index contributed by atoms with van der Waals surface area (Å²) in [6.07, 6.45) is 6.42. The monoisotopic (exact) mass is 496 g/mol. The van der Waals surface area contributed by atoms with Gasteiger partial charge in [-0.3, -0.25) is 0 Å². The Hall–Kier alpha value is -3.35. The Morgan fingerprint density at radius 2 is 1.53 bits per heavy atom. The lowest BCUT2D eigenvalue weighted by atomic mass is 10.0. The molecule has 5 nitrogen and oxygen atoms in total. The molecule has 0 bridgehead atoms. The SMILES string of the molecule is CCCCC[C@](C)(F)C(=O)Oc1ccc(-c2cnc(-c3ccc(OCCC[C@H](C)F)cc3)nc2)cc1. The molecule has 3 aromatic rings. The van der Waals surface area contributed by atoms with Gasteiger partial charge in [0, 0.05) is 23.5 Å². The van der Waals surface area contributed by atoms with Gasteiger partial charge in [0.2, 0.25) is 5.67 Å². The maximum atomic E-state index is 14.6. The van der Waals surface area contributed by atoms with Crippen LogP contribution in [0.25, 0.3) is 22.5 Å². The Labute approximate surface area is 211 Å². The number of esters is 1. The number of hydrogen-bond donors (Lipinski definition) is 0. The number of carbonyl (C=O) groups excluding carboxylic acids is 1. The lowest BCUT2D eigenvalue weighted by molar-refractivity contribution is -0.147. The van der Waals surface area contributed by atoms with Gasteiger partial charge < -0.3 is 9.47 Å². The summed E-state index contributed by atoms with van der Waals surface area (Å²) in [5, 5.41) is 0. The standard InChI is InChI=1S/C29H34F2N2O3/c1-4-5-6-17-29(3,31)28(34)36-26-15-9-22(10-16-26)24-19-32-27(33-20-24)23-11-13-25(14-12-23)35-18-7-8-21(2)30/h9-16,19-21H,4-8,17-18H2,1-3H3/t21-,29-/m0/s1. The van der Waals surface area contributed by atoms with Crippen molar-refractivity contribution in [2.75, 3.05) is 6.61 Å². The minimum atomic E-state index is -2.00. The van der Waals surface area contributed by atoms with Crippen molar-refractivity contribution in [3.8, 4) is 34.0 Å². The zero-order valence-corrected chi connectivity index (χ0v) is 21.2. The van der Waals surface area contributed by atoms with E-state index in [4.69, 9.17) is 9.47 Å². The molecular formula is C29H34F2N2O3. The smallest absolute Gasteiger partial charge is 0.348 e. The van der Waals surface area contributed by atoms with Crippen LogP contribution >= 0.6 is 0 Å². The van der Waals surface area contributed by atoms with Crippen LogP contribution < -0.4 is 9.47 Å². The molecule has 0 radical (unpaired) electrons. The number of ether oxygens (including phenoxy) is 2. The van der Waals surface area contributed by atoms with E-state index in [9.17, 15) is 13.6 Å². The molecule has 0 aliphatic heterocycles. The Balaban J connectivity index is 1.56. The van der Waals surface area contributed by atoms with Crippen molar-refractivity contribution < 1.29 is 23.0 Å². The summed E-state index contributed by atoms with van der Waals surface area (Å²) in [6, 6.07) is 14.3. The van der Waals surface area contributed by atoms with E-state index in [0.29, 0.717) is 37.4 Å². The lowest BCUT2D eigenvalue weighted by Gasteiger charge is -2.18. The molecule has 1 heterocycles. The second-order valence-corrected chi connectivity index (χ2v) is 9.16. The Kier molecular flexibility index (Phi) is 9.91. The fourth-order valence-electron chi connectivity index (χ4n) is 3.62. The second kappa shape index (κ2) is 13.1. The van der Waals surface area contributed by atoms with E-state index in [2.05, 4.69) is 9.97 Å². The number of unbranched alkanes of at least 4 members (excludes halogenated alkanes) is 2. The molecule has 0 saturated carbocycles. The molecule has 0 N–H and O–H groups in total. The average Bonchev–Trinajstić information content (AvgIpc) is 2.87. The van der Waals surface area contributed by atoms with Crippen LogP contribution in [-0.2, 0) is 4.79 Å². The van der Waals surface area contributed by atoms with Crippen molar-refractivity contribution in [3.05, 3.63) is 60.9 Å². The lowest BCUT2D eigenvalue weighted by Crippen LogP contribution is -2.34. The molecule has 7 heteroatoms. The molecule has 0 unspecified atom stereocenters. The third-order valence-electron chi connectivity index (χ3n) is 5.85. The molecule has 0 fully saturated rings. The van der Waals surface area contributed by atoms with Crippen LogP contribution in [0.3, 0.4) is 0 Å². The largest absolute Gasteiger partial charge is 0.494 e. The predicted octanol–water partition coefficient (Wildman–Crippen LogP) is 7.54. The van der Waals surface area contributed by atoms with E-state index >= 15 is 0 Å². The number of alkyl halides is 2. The normalized spacial score (nSPS) is 13.6. The molecule has 2 aromatic carbocycles. The van der Waals surface area contributed by atoms with E-state index in [1.165, 1.54) is 6.92 Å². The van der Waals surface area contributed by atoms with Crippen molar-refractivity contribution >= 4 is 5.97 Å². The first-order valence-corrected chi connectivity index (χ1v) is 12.5. The van der Waals surface area contributed by atoms with Gasteiger partial charge in [-0.05, 0) is 81.5 Å². The average molecular weight is 497 g/mol. The molecule has 0 spiro atoms. The number of aromatic nitrogens is 2. The van der Waals surface area contributed by atoms with Crippen molar-refractivity contribution in [2.24, 2.45) is 0 Å². The van der Waals surface area contributed by atoms with Crippen molar-refractivity contribution in [1.29, 1.82) is 0 Å². The van der Waals surface area contributed by atoms with Gasteiger partial charge in [-0.1, -0.05) is 31.9 Å². The predicted molar refractivity (Wildman–Crippen MR) is 137 cm³/mol. The molecule has 1 aromatic heterocycles. The Morgan fingerprint density at radius 1 is 0.917 bits per heavy atom. The summed E-state index contributed by atoms with van der Waals surface area (Å²) in [7, 11) is 0. The molecule has 36 heavy (non-hydrogen) atoms. The van der Waals surface area contributed by atoms with E-state index in [1.807, 2.05) is 31.2 Å². The number of carbonyl (C=O) groups is 1. The first kappa shape index (κ1) is 27.2. The van der Waals surface area contributed by atoms with Crippen LogP contribution in [0.2, 0.25) is 0 Å². The van der Waals surface area contributed by atoms with Crippen LogP contribution in [0.4, 0.5) is 8.78 Å². The van der Waals surface area contributed by atoms with Crippen molar-refractivity contribution in [2.45, 2.75) is 71.1 Å². The Morgan fingerprint density at radius 3 is 2.14 bits per heavy atom. The van der Waals surface area contributed by atoms with Gasteiger partial charge in [-0.25, -0.2) is 23.5 Å². The molecular weight excluding hydrogens is 462 g/mol. The highest BCUT2D eigenvalue weighted by Gasteiger charge is 2.34. The third-order valence-corrected chi connectivity index (χ3v) is 5.85. The van der Waals surface area contributed by atoms with Gasteiger partial charge >= 0.3 is 5.97 Å². The fourth-order valence-corrected chi connectivity index (χ4v) is 3.62. The zero-order valence-electron chi connectivity index (χ0n) is 21.2. The van der Waals surface area contributed by atoms with Gasteiger partial charge in [0.15, 0.2) is 5.82 Å². The number of halogens is 2. The van der Waals surface area contributed by atoms with Gasteiger partial charge in [0.25, 0.3) is 0 Å². The summed E-state index contributed by atoms with van der Waals surface area (Å²) in [5.41, 5.74) is 0.490. The maximum absolute atomic E-state index is 14.6. The van der Waals surface area contributed by atoms with Gasteiger partial charge in [0.05, 0.1) is 12.8 Å². The van der Waals surface area contributed by atoms with Crippen LogP contribution in [0.1, 0.15) is 59.3 Å². The number of rotatable bonds is 13. The number of nitrogens with zero attached hydrogens (tertiary/aromatic N) is 2. The van der Waals surface area contributed by atoms with Crippen LogP contribution in [-0.4, -0.2) is 34.4 Å². The first-order valence-electron chi connectivity index (χ1n) is 12.5. The Bertz CT molecular complexity index is 1080. The van der Waals surface area contributed by atoms with Gasteiger partial charge in [0.1, 0.15) is 11.5 Å². The number of hydrogen-bond acceptors (Lipinski definition) is 5. The van der Waals surface area contributed by atoms with E-state index in [-0.39, 0.29) is 6.42 Å². The third kappa shape index (κ3) is 8.11. The summed E-state index contributed by atoms with van der Waals surface area (Å²) in [5.74, 6) is 0.719. The minimum absolute atomic E-state index is 0.150. The fraction of sp³-hybridized carbons (Fsp3) is 0.414. The summed E-state index contributed by atoms with van der Waals surface area (Å²) < 4.78 is 38.4. The molecule has 3 rings (SSSR count). The van der Waals surface area contributed by atoms with Crippen molar-refractivity contribution in [1.82, 2.24) is 9.97 Å². The second-order valence-electron chi connectivity index (χ2n) is 9.16. The highest BCUT2D eigenvalue weighted by atomic mass is 19.1. The zero-order chi connectivity index (χ0) is 26.0.